The van der Waals surface area contributed by atoms with Crippen molar-refractivity contribution in [3.05, 3.63) is 69.8 Å². The van der Waals surface area contributed by atoms with Gasteiger partial charge in [-0.05, 0) is 30.7 Å². The van der Waals surface area contributed by atoms with Gasteiger partial charge in [-0.25, -0.2) is 0 Å². The third-order valence-corrected chi connectivity index (χ3v) is 4.48. The van der Waals surface area contributed by atoms with E-state index in [1.54, 1.807) is 42.7 Å². The van der Waals surface area contributed by atoms with Crippen molar-refractivity contribution in [2.75, 3.05) is 14.2 Å². The quantitative estimate of drug-likeness (QED) is 0.625. The topological polar surface area (TPSA) is 122 Å². The summed E-state index contributed by atoms with van der Waals surface area (Å²) in [6, 6.07) is 10.4. The number of ether oxygens (including phenoxy) is 2. The van der Waals surface area contributed by atoms with Crippen LogP contribution < -0.4 is 15.0 Å². The van der Waals surface area contributed by atoms with Gasteiger partial charge >= 0.3 is 0 Å². The van der Waals surface area contributed by atoms with Crippen LogP contribution in [0, 0.1) is 18.3 Å². The molecule has 30 heavy (non-hydrogen) atoms. The zero-order valence-electron chi connectivity index (χ0n) is 16.7. The molecule has 0 bridgehead atoms. The van der Waals surface area contributed by atoms with Gasteiger partial charge in [0.25, 0.3) is 5.56 Å². The minimum absolute atomic E-state index is 0.0263. The van der Waals surface area contributed by atoms with Crippen molar-refractivity contribution in [1.29, 1.82) is 5.26 Å². The summed E-state index contributed by atoms with van der Waals surface area (Å²) in [5.74, 6) is 0.549. The highest BCUT2D eigenvalue weighted by Gasteiger charge is 2.19. The molecule has 0 unspecified atom stereocenters. The van der Waals surface area contributed by atoms with E-state index >= 15 is 0 Å². The Kier molecular flexibility index (Phi) is 6.08. The fraction of sp³-hybridized carbons (Fsp3) is 0.190. The Hall–Kier alpha value is -4.19. The third-order valence-electron chi connectivity index (χ3n) is 4.48. The number of nitrogens with zero attached hydrogens (tertiary/aromatic N) is 5. The smallest absolute Gasteiger partial charge is 0.281 e. The molecule has 0 aliphatic carbocycles. The predicted octanol–water partition coefficient (Wildman–Crippen LogP) is 3.61. The standard InChI is InChI=1S/C21H19N5O4/c1-13-16(10-22)20(27)26(12-14-5-4-8-23-11-14)21(28)19(13)25-24-17-9-15(29-2)6-7-18(17)30-3/h4-9,11,27H,12H2,1-3H3. The average Bonchev–Trinajstić information content (AvgIpc) is 2.77. The van der Waals surface area contributed by atoms with Crippen molar-refractivity contribution in [2.45, 2.75) is 13.5 Å². The Bertz CT molecular complexity index is 1200. The van der Waals surface area contributed by atoms with E-state index in [1.807, 2.05) is 6.07 Å². The van der Waals surface area contributed by atoms with Gasteiger partial charge in [0.1, 0.15) is 28.8 Å². The van der Waals surface area contributed by atoms with Gasteiger partial charge in [0, 0.05) is 24.0 Å². The van der Waals surface area contributed by atoms with Crippen LogP contribution in [0.4, 0.5) is 11.4 Å². The first-order valence-electron chi connectivity index (χ1n) is 8.89. The van der Waals surface area contributed by atoms with Crippen molar-refractivity contribution in [3.8, 4) is 23.4 Å². The van der Waals surface area contributed by atoms with E-state index < -0.39 is 11.4 Å². The van der Waals surface area contributed by atoms with Crippen LogP contribution in [0.1, 0.15) is 16.7 Å². The van der Waals surface area contributed by atoms with Gasteiger partial charge in [-0.1, -0.05) is 6.07 Å². The van der Waals surface area contributed by atoms with Crippen molar-refractivity contribution < 1.29 is 14.6 Å². The van der Waals surface area contributed by atoms with E-state index in [-0.39, 0.29) is 23.4 Å². The molecule has 0 spiro atoms. The van der Waals surface area contributed by atoms with Gasteiger partial charge in [-0.15, -0.1) is 10.2 Å². The Labute approximate surface area is 172 Å². The zero-order valence-corrected chi connectivity index (χ0v) is 16.7. The normalized spacial score (nSPS) is 10.7. The fourth-order valence-corrected chi connectivity index (χ4v) is 2.86. The maximum absolute atomic E-state index is 13.0. The first-order chi connectivity index (χ1) is 14.5. The number of hydrogen-bond donors (Lipinski definition) is 1. The lowest BCUT2D eigenvalue weighted by Crippen LogP contribution is -2.22. The number of benzene rings is 1. The SMILES string of the molecule is COc1ccc(OC)c(N=Nc2c(C)c(C#N)c(O)n(Cc3cccnc3)c2=O)c1. The van der Waals surface area contributed by atoms with Crippen molar-refractivity contribution >= 4 is 11.4 Å². The Morgan fingerprint density at radius 2 is 2.03 bits per heavy atom. The lowest BCUT2D eigenvalue weighted by molar-refractivity contribution is 0.404. The summed E-state index contributed by atoms with van der Waals surface area (Å²) < 4.78 is 11.5. The molecule has 0 aliphatic heterocycles. The summed E-state index contributed by atoms with van der Waals surface area (Å²) in [6.45, 7) is 1.56. The minimum atomic E-state index is -0.585. The predicted molar refractivity (Wildman–Crippen MR) is 109 cm³/mol. The van der Waals surface area contributed by atoms with Crippen LogP contribution in [0.5, 0.6) is 17.4 Å². The molecule has 9 nitrogen and oxygen atoms in total. The molecular weight excluding hydrogens is 386 g/mol. The van der Waals surface area contributed by atoms with Crippen LogP contribution in [0.2, 0.25) is 0 Å². The average molecular weight is 405 g/mol. The Morgan fingerprint density at radius 3 is 2.67 bits per heavy atom. The molecule has 2 heterocycles. The van der Waals surface area contributed by atoms with Crippen molar-refractivity contribution in [3.63, 3.8) is 0 Å². The van der Waals surface area contributed by atoms with Crippen molar-refractivity contribution in [2.24, 2.45) is 10.2 Å². The molecule has 0 atom stereocenters. The first-order valence-corrected chi connectivity index (χ1v) is 8.89. The summed E-state index contributed by atoms with van der Waals surface area (Å²) >= 11 is 0. The molecule has 152 valence electrons. The molecule has 0 aliphatic rings. The minimum Gasteiger partial charge on any atom is -0.497 e. The Morgan fingerprint density at radius 1 is 1.23 bits per heavy atom. The van der Waals surface area contributed by atoms with Gasteiger partial charge in [-0.3, -0.25) is 14.3 Å². The maximum Gasteiger partial charge on any atom is 0.281 e. The molecule has 1 N–H and O–H groups in total. The van der Waals surface area contributed by atoms with Gasteiger partial charge in [0.15, 0.2) is 5.69 Å². The van der Waals surface area contributed by atoms with Gasteiger partial charge in [0.2, 0.25) is 5.88 Å². The molecule has 0 amide bonds. The number of rotatable bonds is 6. The van der Waals surface area contributed by atoms with E-state index in [0.29, 0.717) is 22.7 Å². The van der Waals surface area contributed by atoms with Crippen LogP contribution in [-0.4, -0.2) is 28.9 Å². The third kappa shape index (κ3) is 3.98. The number of aromatic nitrogens is 2. The van der Waals surface area contributed by atoms with Crippen LogP contribution in [-0.2, 0) is 6.54 Å². The Balaban J connectivity index is 2.14. The summed E-state index contributed by atoms with van der Waals surface area (Å²) in [4.78, 5) is 17.0. The number of methoxy groups -OCH3 is 2. The molecule has 3 rings (SSSR count). The fourth-order valence-electron chi connectivity index (χ4n) is 2.86. The number of pyridine rings is 2. The molecule has 0 fully saturated rings. The van der Waals surface area contributed by atoms with Crippen LogP contribution in [0.25, 0.3) is 0 Å². The molecule has 2 aromatic heterocycles. The summed E-state index contributed by atoms with van der Waals surface area (Å²) in [5.41, 5.74) is 0.565. The van der Waals surface area contributed by atoms with Crippen molar-refractivity contribution in [1.82, 2.24) is 9.55 Å². The van der Waals surface area contributed by atoms with E-state index in [0.717, 1.165) is 4.57 Å². The molecule has 0 saturated carbocycles. The number of azo groups is 1. The largest absolute Gasteiger partial charge is 0.497 e. The highest BCUT2D eigenvalue weighted by Crippen LogP contribution is 2.33. The maximum atomic E-state index is 13.0. The summed E-state index contributed by atoms with van der Waals surface area (Å²) in [5, 5.41) is 28.2. The van der Waals surface area contributed by atoms with E-state index in [4.69, 9.17) is 9.47 Å². The van der Waals surface area contributed by atoms with E-state index in [9.17, 15) is 15.2 Å². The van der Waals surface area contributed by atoms with E-state index in [2.05, 4.69) is 15.2 Å². The molecule has 1 aromatic carbocycles. The second-order valence-corrected chi connectivity index (χ2v) is 6.27. The molecule has 0 radical (unpaired) electrons. The second kappa shape index (κ2) is 8.87. The highest BCUT2D eigenvalue weighted by molar-refractivity contribution is 5.58. The first kappa shape index (κ1) is 20.5. The van der Waals surface area contributed by atoms with Gasteiger partial charge in [0.05, 0.1) is 20.8 Å². The second-order valence-electron chi connectivity index (χ2n) is 6.27. The number of hydrogen-bond acceptors (Lipinski definition) is 8. The molecule has 9 heteroatoms. The summed E-state index contributed by atoms with van der Waals surface area (Å²) in [6.07, 6.45) is 3.17. The summed E-state index contributed by atoms with van der Waals surface area (Å²) in [7, 11) is 3.00. The zero-order chi connectivity index (χ0) is 21.7. The molecule has 3 aromatic rings. The number of aromatic hydroxyl groups is 1. The van der Waals surface area contributed by atoms with Gasteiger partial charge in [-0.2, -0.15) is 5.26 Å². The van der Waals surface area contributed by atoms with Crippen LogP contribution in [0.3, 0.4) is 0 Å². The van der Waals surface area contributed by atoms with Gasteiger partial charge < -0.3 is 14.6 Å². The molecule has 0 saturated heterocycles. The highest BCUT2D eigenvalue weighted by atomic mass is 16.5. The molecular formula is C21H19N5O4. The lowest BCUT2D eigenvalue weighted by atomic mass is 10.1. The monoisotopic (exact) mass is 405 g/mol. The van der Waals surface area contributed by atoms with E-state index in [1.165, 1.54) is 21.1 Å². The number of nitriles is 1. The van der Waals surface area contributed by atoms with Crippen LogP contribution in [0.15, 0.2) is 57.7 Å². The van der Waals surface area contributed by atoms with Crippen LogP contribution >= 0.6 is 0 Å². The lowest BCUT2D eigenvalue weighted by Gasteiger charge is -2.13.